The van der Waals surface area contributed by atoms with Gasteiger partial charge in [0.2, 0.25) is 0 Å². The molecule has 3 unspecified atom stereocenters. The van der Waals surface area contributed by atoms with Crippen molar-refractivity contribution in [3.63, 3.8) is 0 Å². The SMILES string of the molecule is CCCCCCC(=O)OC(COC(=O)CCCC)COP(=O)(O)OCC(N)C(=O)O. The van der Waals surface area contributed by atoms with Gasteiger partial charge in [-0.15, -0.1) is 0 Å². The zero-order valence-corrected chi connectivity index (χ0v) is 18.5. The molecule has 0 aliphatic rings. The number of ether oxygens (including phenoxy) is 2. The first-order valence-corrected chi connectivity index (χ1v) is 11.6. The Labute approximate surface area is 176 Å². The van der Waals surface area contributed by atoms with Crippen molar-refractivity contribution in [2.45, 2.75) is 77.4 Å². The van der Waals surface area contributed by atoms with Crippen molar-refractivity contribution in [1.82, 2.24) is 0 Å². The van der Waals surface area contributed by atoms with Crippen LogP contribution in [0.1, 0.15) is 65.2 Å². The number of nitrogens with two attached hydrogens (primary N) is 1. The molecule has 30 heavy (non-hydrogen) atoms. The molecule has 0 heterocycles. The Morgan fingerprint density at radius 2 is 1.50 bits per heavy atom. The van der Waals surface area contributed by atoms with Crippen molar-refractivity contribution in [2.24, 2.45) is 5.73 Å². The van der Waals surface area contributed by atoms with E-state index in [4.69, 9.17) is 24.8 Å². The number of aliphatic carboxylic acids is 1. The number of phosphoric ester groups is 1. The molecule has 0 fully saturated rings. The lowest BCUT2D eigenvalue weighted by atomic mass is 10.1. The quantitative estimate of drug-likeness (QED) is 0.157. The van der Waals surface area contributed by atoms with Gasteiger partial charge in [-0.05, 0) is 12.8 Å². The summed E-state index contributed by atoms with van der Waals surface area (Å²) in [7, 11) is -4.65. The van der Waals surface area contributed by atoms with Gasteiger partial charge >= 0.3 is 25.7 Å². The molecular weight excluding hydrogens is 421 g/mol. The average molecular weight is 455 g/mol. The van der Waals surface area contributed by atoms with Crippen LogP contribution in [-0.2, 0) is 37.5 Å². The predicted molar refractivity (Wildman–Crippen MR) is 106 cm³/mol. The molecule has 12 heteroatoms. The second-order valence-corrected chi connectivity index (χ2v) is 8.17. The number of carbonyl (C=O) groups excluding carboxylic acids is 2. The Kier molecular flexibility index (Phi) is 15.4. The molecule has 0 amide bonds. The van der Waals surface area contributed by atoms with Crippen molar-refractivity contribution in [2.75, 3.05) is 19.8 Å². The first-order chi connectivity index (χ1) is 14.1. The van der Waals surface area contributed by atoms with Gasteiger partial charge in [0.15, 0.2) is 6.10 Å². The van der Waals surface area contributed by atoms with Crippen LogP contribution >= 0.6 is 7.82 Å². The number of rotatable bonds is 18. The lowest BCUT2D eigenvalue weighted by Gasteiger charge is -2.20. The van der Waals surface area contributed by atoms with Gasteiger partial charge in [0.1, 0.15) is 12.6 Å². The second kappa shape index (κ2) is 16.2. The van der Waals surface area contributed by atoms with Crippen LogP contribution in [0.5, 0.6) is 0 Å². The molecule has 0 saturated carbocycles. The molecule has 0 spiro atoms. The maximum absolute atomic E-state index is 12.0. The lowest BCUT2D eigenvalue weighted by Crippen LogP contribution is -2.34. The topological polar surface area (TPSA) is 172 Å². The molecule has 0 radical (unpaired) electrons. The number of carboxylic acid groups (broad SMARTS) is 1. The molecular formula is C18H34NO10P. The van der Waals surface area contributed by atoms with E-state index in [-0.39, 0.29) is 19.4 Å². The lowest BCUT2D eigenvalue weighted by molar-refractivity contribution is -0.161. The first kappa shape index (κ1) is 28.5. The number of esters is 2. The molecule has 3 atom stereocenters. The zero-order valence-electron chi connectivity index (χ0n) is 17.6. The Morgan fingerprint density at radius 3 is 2.10 bits per heavy atom. The van der Waals surface area contributed by atoms with Crippen LogP contribution in [0.3, 0.4) is 0 Å². The van der Waals surface area contributed by atoms with Crippen LogP contribution in [0.15, 0.2) is 0 Å². The molecule has 176 valence electrons. The fourth-order valence-corrected chi connectivity index (χ4v) is 2.87. The van der Waals surface area contributed by atoms with E-state index in [9.17, 15) is 23.8 Å². The maximum atomic E-state index is 12.0. The number of hydrogen-bond acceptors (Lipinski definition) is 9. The highest BCUT2D eigenvalue weighted by molar-refractivity contribution is 7.47. The van der Waals surface area contributed by atoms with E-state index in [0.29, 0.717) is 12.8 Å². The summed E-state index contributed by atoms with van der Waals surface area (Å²) < 4.78 is 31.4. The highest BCUT2D eigenvalue weighted by Gasteiger charge is 2.28. The van der Waals surface area contributed by atoms with Gasteiger partial charge in [-0.25, -0.2) is 4.57 Å². The molecule has 0 aliphatic carbocycles. The van der Waals surface area contributed by atoms with E-state index in [1.165, 1.54) is 0 Å². The van der Waals surface area contributed by atoms with Crippen molar-refractivity contribution in [1.29, 1.82) is 0 Å². The van der Waals surface area contributed by atoms with Crippen molar-refractivity contribution in [3.8, 4) is 0 Å². The zero-order chi connectivity index (χ0) is 23.0. The van der Waals surface area contributed by atoms with E-state index in [0.717, 1.165) is 25.7 Å². The number of phosphoric acid groups is 1. The molecule has 4 N–H and O–H groups in total. The largest absolute Gasteiger partial charge is 0.480 e. The van der Waals surface area contributed by atoms with E-state index in [1.807, 2.05) is 13.8 Å². The summed E-state index contributed by atoms with van der Waals surface area (Å²) in [5.41, 5.74) is 5.20. The monoisotopic (exact) mass is 455 g/mol. The molecule has 0 bridgehead atoms. The minimum atomic E-state index is -4.65. The van der Waals surface area contributed by atoms with E-state index in [2.05, 4.69) is 4.52 Å². The third kappa shape index (κ3) is 15.3. The van der Waals surface area contributed by atoms with Gasteiger partial charge in [-0.1, -0.05) is 39.5 Å². The number of carbonyl (C=O) groups is 3. The van der Waals surface area contributed by atoms with Gasteiger partial charge in [-0.2, -0.15) is 0 Å². The van der Waals surface area contributed by atoms with Crippen LogP contribution < -0.4 is 5.73 Å². The van der Waals surface area contributed by atoms with Crippen molar-refractivity contribution < 1.29 is 47.5 Å². The molecule has 0 aromatic heterocycles. The van der Waals surface area contributed by atoms with Crippen LogP contribution in [-0.4, -0.2) is 59.9 Å². The summed E-state index contributed by atoms with van der Waals surface area (Å²) in [5.74, 6) is -2.45. The van der Waals surface area contributed by atoms with Crippen LogP contribution in [0.2, 0.25) is 0 Å². The minimum Gasteiger partial charge on any atom is -0.480 e. The van der Waals surface area contributed by atoms with Crippen LogP contribution in [0.4, 0.5) is 0 Å². The van der Waals surface area contributed by atoms with Crippen LogP contribution in [0, 0.1) is 0 Å². The van der Waals surface area contributed by atoms with Gasteiger partial charge in [0.25, 0.3) is 0 Å². The number of carboxylic acids is 1. The summed E-state index contributed by atoms with van der Waals surface area (Å²) in [6.07, 6.45) is 4.16. The third-order valence-corrected chi connectivity index (χ3v) is 4.81. The summed E-state index contributed by atoms with van der Waals surface area (Å²) in [6.45, 7) is 2.27. The first-order valence-electron chi connectivity index (χ1n) is 10.1. The molecule has 11 nitrogen and oxygen atoms in total. The van der Waals surface area contributed by atoms with Gasteiger partial charge < -0.3 is 25.2 Å². The van der Waals surface area contributed by atoms with Crippen LogP contribution in [0.25, 0.3) is 0 Å². The van der Waals surface area contributed by atoms with E-state index < -0.39 is 51.1 Å². The van der Waals surface area contributed by atoms with Gasteiger partial charge in [-0.3, -0.25) is 23.4 Å². The van der Waals surface area contributed by atoms with E-state index >= 15 is 0 Å². The van der Waals surface area contributed by atoms with Gasteiger partial charge in [0, 0.05) is 12.8 Å². The highest BCUT2D eigenvalue weighted by atomic mass is 31.2. The van der Waals surface area contributed by atoms with E-state index in [1.54, 1.807) is 0 Å². The summed E-state index contributed by atoms with van der Waals surface area (Å²) in [5, 5.41) is 8.66. The second-order valence-electron chi connectivity index (χ2n) is 6.71. The normalized spacial score (nSPS) is 15.1. The minimum absolute atomic E-state index is 0.154. The Morgan fingerprint density at radius 1 is 0.900 bits per heavy atom. The molecule has 0 aromatic rings. The summed E-state index contributed by atoms with van der Waals surface area (Å²) in [4.78, 5) is 43.9. The fourth-order valence-electron chi connectivity index (χ4n) is 2.10. The Hall–Kier alpha value is -1.52. The van der Waals surface area contributed by atoms with Crippen molar-refractivity contribution in [3.05, 3.63) is 0 Å². The smallest absolute Gasteiger partial charge is 0.472 e. The fraction of sp³-hybridized carbons (Fsp3) is 0.833. The van der Waals surface area contributed by atoms with Crippen molar-refractivity contribution >= 4 is 25.7 Å². The standard InChI is InChI=1S/C18H34NO10P/c1-3-5-7-8-10-17(21)29-14(11-26-16(20)9-6-4-2)12-27-30(24,25)28-13-15(19)18(22)23/h14-15H,3-13,19H2,1-2H3,(H,22,23)(H,24,25). The summed E-state index contributed by atoms with van der Waals surface area (Å²) >= 11 is 0. The third-order valence-electron chi connectivity index (χ3n) is 3.86. The number of hydrogen-bond donors (Lipinski definition) is 3. The molecule has 0 aliphatic heterocycles. The summed E-state index contributed by atoms with van der Waals surface area (Å²) in [6, 6.07) is -1.51. The Balaban J connectivity index is 4.68. The highest BCUT2D eigenvalue weighted by Crippen LogP contribution is 2.43. The average Bonchev–Trinajstić information content (AvgIpc) is 2.69. The maximum Gasteiger partial charge on any atom is 0.472 e. The molecule has 0 aromatic carbocycles. The predicted octanol–water partition coefficient (Wildman–Crippen LogP) is 2.15. The van der Waals surface area contributed by atoms with Gasteiger partial charge in [0.05, 0.1) is 13.2 Å². The molecule has 0 rings (SSSR count). The Bertz CT molecular complexity index is 571. The molecule has 0 saturated heterocycles. The number of unbranched alkanes of at least 4 members (excludes halogenated alkanes) is 4.